The molecule has 17 heavy (non-hydrogen) atoms. The minimum absolute atomic E-state index is 0.0121. The topological polar surface area (TPSA) is 18.5 Å². The largest absolute Gasteiger partial charge is 0.454 e. The lowest BCUT2D eigenvalue weighted by molar-refractivity contribution is -0.136. The molecule has 1 heterocycles. The van der Waals surface area contributed by atoms with Crippen LogP contribution in [0.3, 0.4) is 0 Å². The molecule has 0 amide bonds. The minimum Gasteiger partial charge on any atom is -0.454 e. The lowest BCUT2D eigenvalue weighted by Crippen LogP contribution is -2.42. The van der Waals surface area contributed by atoms with E-state index in [2.05, 4.69) is 0 Å². The molecule has 0 unspecified atom stereocenters. The molecule has 1 aromatic rings. The average Bonchev–Trinajstić information content (AvgIpc) is 2.59. The van der Waals surface area contributed by atoms with E-state index in [9.17, 15) is 13.2 Å². The SMILES string of the molecule is C[Si](C)(C)c1cc2c(cc1C(F)(F)F)OCO2. The maximum absolute atomic E-state index is 13.0. The highest BCUT2D eigenvalue weighted by Crippen LogP contribution is 2.38. The van der Waals surface area contributed by atoms with Gasteiger partial charge in [0, 0.05) is 0 Å². The van der Waals surface area contributed by atoms with Crippen LogP contribution in [0.5, 0.6) is 11.5 Å². The van der Waals surface area contributed by atoms with Gasteiger partial charge in [-0.1, -0.05) is 19.6 Å². The van der Waals surface area contributed by atoms with Gasteiger partial charge < -0.3 is 9.47 Å². The molecule has 1 aromatic carbocycles. The van der Waals surface area contributed by atoms with E-state index in [0.29, 0.717) is 10.9 Å². The molecule has 94 valence electrons. The molecule has 0 fully saturated rings. The van der Waals surface area contributed by atoms with Crippen molar-refractivity contribution in [2.45, 2.75) is 25.8 Å². The third-order valence-corrected chi connectivity index (χ3v) is 4.66. The van der Waals surface area contributed by atoms with Gasteiger partial charge in [0.1, 0.15) is 0 Å². The zero-order valence-corrected chi connectivity index (χ0v) is 10.8. The van der Waals surface area contributed by atoms with E-state index in [1.54, 1.807) is 0 Å². The predicted molar refractivity (Wildman–Crippen MR) is 60.5 cm³/mol. The Labute approximate surface area is 98.4 Å². The van der Waals surface area contributed by atoms with Crippen LogP contribution >= 0.6 is 0 Å². The molecule has 0 aromatic heterocycles. The Morgan fingerprint density at radius 2 is 1.59 bits per heavy atom. The van der Waals surface area contributed by atoms with Crippen LogP contribution in [0, 0.1) is 0 Å². The fourth-order valence-corrected chi connectivity index (χ4v) is 3.38. The number of hydrogen-bond donors (Lipinski definition) is 0. The molecule has 0 N–H and O–H groups in total. The molecule has 6 heteroatoms. The van der Waals surface area contributed by atoms with Gasteiger partial charge in [-0.05, 0) is 17.3 Å². The Morgan fingerprint density at radius 1 is 1.06 bits per heavy atom. The number of hydrogen-bond acceptors (Lipinski definition) is 2. The van der Waals surface area contributed by atoms with Crippen molar-refractivity contribution in [1.29, 1.82) is 0 Å². The highest BCUT2D eigenvalue weighted by atomic mass is 28.3. The Bertz CT molecular complexity index is 408. The van der Waals surface area contributed by atoms with Crippen LogP contribution in [-0.2, 0) is 6.18 Å². The van der Waals surface area contributed by atoms with Gasteiger partial charge in [-0.2, -0.15) is 13.2 Å². The first-order valence-corrected chi connectivity index (χ1v) is 8.71. The lowest BCUT2D eigenvalue weighted by Gasteiger charge is -2.22. The third-order valence-electron chi connectivity index (χ3n) is 2.63. The van der Waals surface area contributed by atoms with Crippen LogP contribution in [-0.4, -0.2) is 14.9 Å². The van der Waals surface area contributed by atoms with Crippen molar-refractivity contribution in [1.82, 2.24) is 0 Å². The second kappa shape index (κ2) is 3.66. The zero-order valence-electron chi connectivity index (χ0n) is 9.81. The molecular weight excluding hydrogens is 249 g/mol. The van der Waals surface area contributed by atoms with Crippen molar-refractivity contribution in [2.24, 2.45) is 0 Å². The van der Waals surface area contributed by atoms with Crippen molar-refractivity contribution in [2.75, 3.05) is 6.79 Å². The molecular formula is C11H13F3O2Si. The molecule has 0 saturated heterocycles. The summed E-state index contributed by atoms with van der Waals surface area (Å²) in [5.74, 6) is 0.592. The molecule has 0 atom stereocenters. The summed E-state index contributed by atoms with van der Waals surface area (Å²) in [6.45, 7) is 5.61. The van der Waals surface area contributed by atoms with Crippen molar-refractivity contribution in [3.8, 4) is 11.5 Å². The van der Waals surface area contributed by atoms with Crippen molar-refractivity contribution >= 4 is 13.3 Å². The van der Waals surface area contributed by atoms with Gasteiger partial charge >= 0.3 is 6.18 Å². The second-order valence-electron chi connectivity index (χ2n) is 5.00. The van der Waals surface area contributed by atoms with E-state index in [4.69, 9.17) is 9.47 Å². The van der Waals surface area contributed by atoms with Crippen LogP contribution in [0.25, 0.3) is 0 Å². The first kappa shape index (κ1) is 12.3. The highest BCUT2D eigenvalue weighted by Gasteiger charge is 2.39. The normalized spacial score (nSPS) is 15.2. The smallest absolute Gasteiger partial charge is 0.416 e. The van der Waals surface area contributed by atoms with Crippen LogP contribution in [0.2, 0.25) is 19.6 Å². The molecule has 1 aliphatic heterocycles. The fraction of sp³-hybridized carbons (Fsp3) is 0.455. The van der Waals surface area contributed by atoms with Crippen molar-refractivity contribution in [3.05, 3.63) is 17.7 Å². The van der Waals surface area contributed by atoms with Gasteiger partial charge in [-0.3, -0.25) is 0 Å². The maximum Gasteiger partial charge on any atom is 0.416 e. The van der Waals surface area contributed by atoms with Crippen molar-refractivity contribution < 1.29 is 22.6 Å². The molecule has 0 bridgehead atoms. The molecule has 2 nitrogen and oxygen atoms in total. The Kier molecular flexibility index (Phi) is 2.65. The standard InChI is InChI=1S/C11H13F3O2Si/c1-17(2,3)10-5-9-8(15-6-16-9)4-7(10)11(12,13)14/h4-5H,6H2,1-3H3. The van der Waals surface area contributed by atoms with Crippen LogP contribution in [0.15, 0.2) is 12.1 Å². The molecule has 0 saturated carbocycles. The Hall–Kier alpha value is -1.17. The number of alkyl halides is 3. The minimum atomic E-state index is -4.35. The van der Waals surface area contributed by atoms with Gasteiger partial charge in [0.25, 0.3) is 0 Å². The average molecular weight is 262 g/mol. The highest BCUT2D eigenvalue weighted by molar-refractivity contribution is 6.89. The first-order chi connectivity index (χ1) is 7.69. The fourth-order valence-electron chi connectivity index (χ4n) is 1.80. The van der Waals surface area contributed by atoms with Crippen LogP contribution < -0.4 is 14.7 Å². The number of ether oxygens (including phenoxy) is 2. The quantitative estimate of drug-likeness (QED) is 0.724. The van der Waals surface area contributed by atoms with Crippen LogP contribution in [0.4, 0.5) is 13.2 Å². The molecule has 0 aliphatic carbocycles. The number of fused-ring (bicyclic) bond motifs is 1. The molecule has 1 aliphatic rings. The van der Waals surface area contributed by atoms with Gasteiger partial charge in [0.05, 0.1) is 13.6 Å². The van der Waals surface area contributed by atoms with E-state index in [0.717, 1.165) is 6.07 Å². The zero-order chi connectivity index (χ0) is 12.8. The summed E-state index contributed by atoms with van der Waals surface area (Å²) >= 11 is 0. The van der Waals surface area contributed by atoms with Gasteiger partial charge in [-0.25, -0.2) is 0 Å². The summed E-state index contributed by atoms with van der Waals surface area (Å²) in [4.78, 5) is 0. The number of rotatable bonds is 1. The summed E-state index contributed by atoms with van der Waals surface area (Å²) in [6.07, 6.45) is -4.35. The summed E-state index contributed by atoms with van der Waals surface area (Å²) in [7, 11) is -2.09. The van der Waals surface area contributed by atoms with Gasteiger partial charge in [0.15, 0.2) is 11.5 Å². The van der Waals surface area contributed by atoms with Crippen LogP contribution in [0.1, 0.15) is 5.56 Å². The second-order valence-corrected chi connectivity index (χ2v) is 10.0. The summed E-state index contributed by atoms with van der Waals surface area (Å²) < 4.78 is 49.0. The Balaban J connectivity index is 2.64. The van der Waals surface area contributed by atoms with Crippen molar-refractivity contribution in [3.63, 3.8) is 0 Å². The molecule has 2 rings (SSSR count). The first-order valence-electron chi connectivity index (χ1n) is 5.21. The van der Waals surface area contributed by atoms with E-state index >= 15 is 0 Å². The van der Waals surface area contributed by atoms with Gasteiger partial charge in [-0.15, -0.1) is 0 Å². The van der Waals surface area contributed by atoms with E-state index in [1.165, 1.54) is 6.07 Å². The molecule has 0 radical (unpaired) electrons. The maximum atomic E-state index is 13.0. The number of benzene rings is 1. The number of halogens is 3. The van der Waals surface area contributed by atoms with E-state index < -0.39 is 19.8 Å². The summed E-state index contributed by atoms with van der Waals surface area (Å²) in [5, 5.41) is 0.356. The molecule has 0 spiro atoms. The monoisotopic (exact) mass is 262 g/mol. The third kappa shape index (κ3) is 2.26. The Morgan fingerprint density at radius 3 is 2.06 bits per heavy atom. The van der Waals surface area contributed by atoms with E-state index in [-0.39, 0.29) is 12.5 Å². The van der Waals surface area contributed by atoms with E-state index in [1.807, 2.05) is 19.6 Å². The van der Waals surface area contributed by atoms with Gasteiger partial charge in [0.2, 0.25) is 6.79 Å². The predicted octanol–water partition coefficient (Wildman–Crippen LogP) is 2.98. The summed E-state index contributed by atoms with van der Waals surface area (Å²) in [6, 6.07) is 2.54. The lowest BCUT2D eigenvalue weighted by atomic mass is 10.2. The summed E-state index contributed by atoms with van der Waals surface area (Å²) in [5.41, 5.74) is -0.596.